The molecule has 0 heterocycles. The minimum absolute atomic E-state index is 0.321. The third-order valence-corrected chi connectivity index (χ3v) is 2.69. The van der Waals surface area contributed by atoms with Crippen LogP contribution >= 0.6 is 22.6 Å². The van der Waals surface area contributed by atoms with Gasteiger partial charge in [-0.3, -0.25) is 4.79 Å². The zero-order valence-corrected chi connectivity index (χ0v) is 11.6. The molecular formula is C12H11IO4. The fourth-order valence-electron chi connectivity index (χ4n) is 1.18. The number of allylic oxidation sites excluding steroid dienone is 1. The molecule has 0 aliphatic heterocycles. The molecule has 5 heteroatoms. The van der Waals surface area contributed by atoms with Crippen molar-refractivity contribution in [2.75, 3.05) is 7.11 Å². The van der Waals surface area contributed by atoms with E-state index in [9.17, 15) is 9.59 Å². The van der Waals surface area contributed by atoms with E-state index in [1.165, 1.54) is 19.3 Å². The van der Waals surface area contributed by atoms with Crippen molar-refractivity contribution >= 4 is 34.8 Å². The Morgan fingerprint density at radius 3 is 2.65 bits per heavy atom. The van der Waals surface area contributed by atoms with Gasteiger partial charge in [0.25, 0.3) is 0 Å². The Bertz CT molecular complexity index is 466. The lowest BCUT2D eigenvalue weighted by atomic mass is 10.2. The molecule has 0 saturated carbocycles. The molecule has 0 atom stereocenters. The third kappa shape index (κ3) is 3.55. The van der Waals surface area contributed by atoms with Gasteiger partial charge in [0.15, 0.2) is 11.5 Å². The van der Waals surface area contributed by atoms with Gasteiger partial charge < -0.3 is 9.47 Å². The Morgan fingerprint density at radius 2 is 2.12 bits per heavy atom. The molecular weight excluding hydrogens is 335 g/mol. The van der Waals surface area contributed by atoms with E-state index in [0.717, 1.165) is 0 Å². The molecule has 90 valence electrons. The number of carbonyl (C=O) groups is 2. The number of aldehydes is 1. The summed E-state index contributed by atoms with van der Waals surface area (Å²) in [6, 6.07) is 3.14. The number of hydrogen-bond donors (Lipinski definition) is 0. The summed E-state index contributed by atoms with van der Waals surface area (Å²) in [6.07, 6.45) is 3.60. The molecule has 0 amide bonds. The molecule has 0 aromatic heterocycles. The largest absolute Gasteiger partial charge is 0.493 e. The van der Waals surface area contributed by atoms with Crippen LogP contribution in [-0.2, 0) is 4.79 Å². The maximum atomic E-state index is 11.3. The van der Waals surface area contributed by atoms with Gasteiger partial charge in [-0.15, -0.1) is 0 Å². The van der Waals surface area contributed by atoms with E-state index < -0.39 is 5.97 Å². The van der Waals surface area contributed by atoms with E-state index in [2.05, 4.69) is 0 Å². The van der Waals surface area contributed by atoms with Crippen LogP contribution in [0.5, 0.6) is 11.5 Å². The first-order chi connectivity index (χ1) is 8.12. The first-order valence-corrected chi connectivity index (χ1v) is 5.87. The van der Waals surface area contributed by atoms with Crippen LogP contribution in [0, 0.1) is 3.57 Å². The molecule has 4 nitrogen and oxygen atoms in total. The van der Waals surface area contributed by atoms with E-state index in [1.54, 1.807) is 19.1 Å². The fraction of sp³-hybridized carbons (Fsp3) is 0.167. The first-order valence-electron chi connectivity index (χ1n) is 4.79. The quantitative estimate of drug-likeness (QED) is 0.277. The second kappa shape index (κ2) is 6.39. The first kappa shape index (κ1) is 13.7. The van der Waals surface area contributed by atoms with E-state index in [1.807, 2.05) is 22.6 Å². The molecule has 0 saturated heterocycles. The number of carbonyl (C=O) groups excluding carboxylic acids is 2. The zero-order valence-electron chi connectivity index (χ0n) is 9.40. The summed E-state index contributed by atoms with van der Waals surface area (Å²) >= 11 is 1.98. The monoisotopic (exact) mass is 346 g/mol. The average Bonchev–Trinajstić information content (AvgIpc) is 2.31. The van der Waals surface area contributed by atoms with Crippen LogP contribution in [0.3, 0.4) is 0 Å². The van der Waals surface area contributed by atoms with Crippen LogP contribution in [0.4, 0.5) is 0 Å². The van der Waals surface area contributed by atoms with Gasteiger partial charge in [0.05, 0.1) is 10.7 Å². The average molecular weight is 346 g/mol. The van der Waals surface area contributed by atoms with Crippen LogP contribution < -0.4 is 9.47 Å². The van der Waals surface area contributed by atoms with Gasteiger partial charge in [-0.05, 0) is 41.6 Å². The highest BCUT2D eigenvalue weighted by molar-refractivity contribution is 14.1. The molecule has 0 bridgehead atoms. The van der Waals surface area contributed by atoms with Crippen molar-refractivity contribution in [3.63, 3.8) is 0 Å². The summed E-state index contributed by atoms with van der Waals surface area (Å²) in [6.45, 7) is 1.72. The van der Waals surface area contributed by atoms with Crippen molar-refractivity contribution in [1.29, 1.82) is 0 Å². The molecule has 1 aromatic carbocycles. The Kier molecular flexibility index (Phi) is 5.14. The second-order valence-corrected chi connectivity index (χ2v) is 4.24. The maximum Gasteiger partial charge on any atom is 0.335 e. The zero-order chi connectivity index (χ0) is 12.8. The van der Waals surface area contributed by atoms with Crippen molar-refractivity contribution in [2.45, 2.75) is 6.92 Å². The Hall–Kier alpha value is -1.37. The number of halogens is 1. The molecule has 0 aliphatic carbocycles. The number of rotatable bonds is 4. The van der Waals surface area contributed by atoms with Gasteiger partial charge in [-0.2, -0.15) is 0 Å². The summed E-state index contributed by atoms with van der Waals surface area (Å²) in [5.74, 6) is 0.196. The number of ether oxygens (including phenoxy) is 2. The molecule has 0 N–H and O–H groups in total. The number of hydrogen-bond acceptors (Lipinski definition) is 4. The van der Waals surface area contributed by atoms with Crippen LogP contribution in [0.15, 0.2) is 24.3 Å². The molecule has 0 spiro atoms. The summed E-state index contributed by atoms with van der Waals surface area (Å²) in [5.41, 5.74) is 0.470. The lowest BCUT2D eigenvalue weighted by Crippen LogP contribution is -2.06. The second-order valence-electron chi connectivity index (χ2n) is 3.07. The molecule has 17 heavy (non-hydrogen) atoms. The smallest absolute Gasteiger partial charge is 0.335 e. The van der Waals surface area contributed by atoms with E-state index >= 15 is 0 Å². The molecule has 0 fully saturated rings. The van der Waals surface area contributed by atoms with Crippen molar-refractivity contribution < 1.29 is 19.1 Å². The normalized spacial score (nSPS) is 10.3. The highest BCUT2D eigenvalue weighted by atomic mass is 127. The standard InChI is InChI=1S/C12H11IO4/c1-3-4-11(15)17-12-9(13)5-8(7-14)6-10(12)16-2/h3-7H,1-2H3/b4-3-. The highest BCUT2D eigenvalue weighted by Crippen LogP contribution is 2.33. The van der Waals surface area contributed by atoms with Gasteiger partial charge in [0, 0.05) is 11.6 Å². The Labute approximate surface area is 113 Å². The molecule has 0 aliphatic rings. The lowest BCUT2D eigenvalue weighted by Gasteiger charge is -2.10. The van der Waals surface area contributed by atoms with E-state index in [-0.39, 0.29) is 0 Å². The van der Waals surface area contributed by atoms with Gasteiger partial charge in [-0.1, -0.05) is 6.08 Å². The molecule has 1 aromatic rings. The van der Waals surface area contributed by atoms with Crippen molar-refractivity contribution in [2.24, 2.45) is 0 Å². The van der Waals surface area contributed by atoms with Gasteiger partial charge in [0.2, 0.25) is 0 Å². The van der Waals surface area contributed by atoms with Crippen LogP contribution in [0.2, 0.25) is 0 Å². The summed E-state index contributed by atoms with van der Waals surface area (Å²) in [5, 5.41) is 0. The fourth-order valence-corrected chi connectivity index (χ4v) is 1.91. The van der Waals surface area contributed by atoms with Crippen molar-refractivity contribution in [1.82, 2.24) is 0 Å². The Morgan fingerprint density at radius 1 is 1.41 bits per heavy atom. The summed E-state index contributed by atoms with van der Waals surface area (Å²) in [7, 11) is 1.45. The van der Waals surface area contributed by atoms with Crippen molar-refractivity contribution in [3.05, 3.63) is 33.4 Å². The molecule has 1 rings (SSSR count). The Balaban J connectivity index is 3.13. The number of benzene rings is 1. The molecule has 0 unspecified atom stereocenters. The topological polar surface area (TPSA) is 52.6 Å². The third-order valence-electron chi connectivity index (χ3n) is 1.89. The van der Waals surface area contributed by atoms with Gasteiger partial charge in [0.1, 0.15) is 6.29 Å². The minimum Gasteiger partial charge on any atom is -0.493 e. The van der Waals surface area contributed by atoms with E-state index in [4.69, 9.17) is 9.47 Å². The minimum atomic E-state index is -0.484. The maximum absolute atomic E-state index is 11.3. The lowest BCUT2D eigenvalue weighted by molar-refractivity contribution is -0.129. The summed E-state index contributed by atoms with van der Waals surface area (Å²) < 4.78 is 10.9. The van der Waals surface area contributed by atoms with Gasteiger partial charge >= 0.3 is 5.97 Å². The van der Waals surface area contributed by atoms with E-state index in [0.29, 0.717) is 26.9 Å². The van der Waals surface area contributed by atoms with Gasteiger partial charge in [-0.25, -0.2) is 4.79 Å². The SMILES string of the molecule is C/C=C\C(=O)Oc1c(I)cc(C=O)cc1OC. The van der Waals surface area contributed by atoms with Crippen LogP contribution in [-0.4, -0.2) is 19.4 Å². The van der Waals surface area contributed by atoms with Crippen molar-refractivity contribution in [3.8, 4) is 11.5 Å². The number of methoxy groups -OCH3 is 1. The number of esters is 1. The molecule has 0 radical (unpaired) electrons. The predicted octanol–water partition coefficient (Wildman–Crippen LogP) is 2.59. The predicted molar refractivity (Wildman–Crippen MR) is 71.5 cm³/mol. The highest BCUT2D eigenvalue weighted by Gasteiger charge is 2.13. The van der Waals surface area contributed by atoms with Crippen LogP contribution in [0.1, 0.15) is 17.3 Å². The summed E-state index contributed by atoms with van der Waals surface area (Å²) in [4.78, 5) is 22.0. The van der Waals surface area contributed by atoms with Crippen LogP contribution in [0.25, 0.3) is 0 Å².